The van der Waals surface area contributed by atoms with Crippen LogP contribution in [0.4, 0.5) is 4.39 Å². The number of aromatic amines is 1. The summed E-state index contributed by atoms with van der Waals surface area (Å²) in [4.78, 5) is 17.9. The zero-order chi connectivity index (χ0) is 18.6. The van der Waals surface area contributed by atoms with Crippen LogP contribution in [0.5, 0.6) is 5.75 Å². The Morgan fingerprint density at radius 1 is 1.11 bits per heavy atom. The van der Waals surface area contributed by atoms with Gasteiger partial charge in [-0.2, -0.15) is 0 Å². The van der Waals surface area contributed by atoms with Crippen LogP contribution < -0.4 is 4.74 Å². The molecule has 0 aliphatic carbocycles. The maximum atomic E-state index is 12.9. The molecule has 1 fully saturated rings. The molecular weight excluding hydrogens is 343 g/mol. The summed E-state index contributed by atoms with van der Waals surface area (Å²) in [5.74, 6) is 1.03. The maximum Gasteiger partial charge on any atom is 0.227 e. The van der Waals surface area contributed by atoms with Crippen molar-refractivity contribution in [1.82, 2.24) is 9.88 Å². The van der Waals surface area contributed by atoms with E-state index in [1.165, 1.54) is 12.1 Å². The van der Waals surface area contributed by atoms with E-state index in [0.29, 0.717) is 24.7 Å². The third-order valence-electron chi connectivity index (χ3n) is 5.28. The molecule has 3 aromatic rings. The Morgan fingerprint density at radius 2 is 1.85 bits per heavy atom. The number of H-pyrrole nitrogens is 1. The van der Waals surface area contributed by atoms with Gasteiger partial charge in [0.1, 0.15) is 11.6 Å². The van der Waals surface area contributed by atoms with Crippen LogP contribution in [-0.4, -0.2) is 35.5 Å². The van der Waals surface area contributed by atoms with Crippen molar-refractivity contribution in [2.45, 2.75) is 19.3 Å². The first kappa shape index (κ1) is 17.6. The van der Waals surface area contributed by atoms with E-state index in [4.69, 9.17) is 4.74 Å². The molecule has 0 unspecified atom stereocenters. The number of aromatic nitrogens is 1. The van der Waals surface area contributed by atoms with Gasteiger partial charge in [-0.1, -0.05) is 18.2 Å². The highest BCUT2D eigenvalue weighted by atomic mass is 19.1. The molecule has 1 N–H and O–H groups in total. The summed E-state index contributed by atoms with van der Waals surface area (Å²) in [5, 5.41) is 1.12. The van der Waals surface area contributed by atoms with E-state index in [9.17, 15) is 9.18 Å². The molecule has 4 nitrogen and oxygen atoms in total. The summed E-state index contributed by atoms with van der Waals surface area (Å²) < 4.78 is 18.7. The molecule has 2 heterocycles. The molecule has 1 aliphatic heterocycles. The Labute approximate surface area is 157 Å². The van der Waals surface area contributed by atoms with Gasteiger partial charge in [-0.15, -0.1) is 0 Å². The van der Waals surface area contributed by atoms with Crippen LogP contribution in [0.25, 0.3) is 10.9 Å². The van der Waals surface area contributed by atoms with Gasteiger partial charge in [-0.3, -0.25) is 4.79 Å². The number of halogens is 1. The summed E-state index contributed by atoms with van der Waals surface area (Å²) in [6.45, 7) is 2.13. The number of benzene rings is 2. The van der Waals surface area contributed by atoms with Gasteiger partial charge in [0.15, 0.2) is 0 Å². The molecule has 0 spiro atoms. The lowest BCUT2D eigenvalue weighted by Crippen LogP contribution is -2.40. The van der Waals surface area contributed by atoms with Crippen molar-refractivity contribution in [3.63, 3.8) is 0 Å². The number of rotatable bonds is 5. The predicted molar refractivity (Wildman–Crippen MR) is 103 cm³/mol. The molecular formula is C22H23FN2O2. The fraction of sp³-hybridized carbons (Fsp3) is 0.318. The van der Waals surface area contributed by atoms with E-state index in [1.807, 2.05) is 35.4 Å². The molecule has 1 aliphatic rings. The Hall–Kier alpha value is -2.82. The minimum Gasteiger partial charge on any atom is -0.493 e. The first-order valence-corrected chi connectivity index (χ1v) is 9.40. The van der Waals surface area contributed by atoms with Gasteiger partial charge in [0.05, 0.1) is 13.0 Å². The number of fused-ring (bicyclic) bond motifs is 1. The Morgan fingerprint density at radius 3 is 2.63 bits per heavy atom. The number of ether oxygens (including phenoxy) is 1. The zero-order valence-corrected chi connectivity index (χ0v) is 15.2. The standard InChI is InChI=1S/C22H23FN2O2/c23-18-5-7-19(8-6-18)27-15-16-9-11-25(12-10-16)22(26)13-17-14-24-21-4-2-1-3-20(17)21/h1-8,14,16,24H,9-13,15H2. The summed E-state index contributed by atoms with van der Waals surface area (Å²) in [5.41, 5.74) is 2.12. The molecule has 0 atom stereocenters. The highest BCUT2D eigenvalue weighted by Gasteiger charge is 2.23. The van der Waals surface area contributed by atoms with Crippen molar-refractivity contribution < 1.29 is 13.9 Å². The summed E-state index contributed by atoms with van der Waals surface area (Å²) in [7, 11) is 0. The number of amides is 1. The number of nitrogens with one attached hydrogen (secondary N) is 1. The molecule has 5 heteroatoms. The van der Waals surface area contributed by atoms with Crippen LogP contribution in [-0.2, 0) is 11.2 Å². The second-order valence-corrected chi connectivity index (χ2v) is 7.13. The van der Waals surface area contributed by atoms with Crippen molar-refractivity contribution in [2.24, 2.45) is 5.92 Å². The molecule has 0 radical (unpaired) electrons. The number of hydrogen-bond acceptors (Lipinski definition) is 2. The van der Waals surface area contributed by atoms with Crippen LogP contribution in [0.1, 0.15) is 18.4 Å². The van der Waals surface area contributed by atoms with Gasteiger partial charge in [-0.05, 0) is 54.7 Å². The van der Waals surface area contributed by atoms with E-state index >= 15 is 0 Å². The smallest absolute Gasteiger partial charge is 0.227 e. The van der Waals surface area contributed by atoms with Gasteiger partial charge in [-0.25, -0.2) is 4.39 Å². The number of nitrogens with zero attached hydrogens (tertiary/aromatic N) is 1. The third-order valence-corrected chi connectivity index (χ3v) is 5.28. The Balaban J connectivity index is 1.27. The second-order valence-electron chi connectivity index (χ2n) is 7.13. The SMILES string of the molecule is O=C(Cc1c[nH]c2ccccc12)N1CCC(COc2ccc(F)cc2)CC1. The van der Waals surface area contributed by atoms with Crippen LogP contribution in [0, 0.1) is 11.7 Å². The van der Waals surface area contributed by atoms with Gasteiger partial charge in [0.2, 0.25) is 5.91 Å². The Bertz CT molecular complexity index is 911. The molecule has 0 bridgehead atoms. The highest BCUT2D eigenvalue weighted by molar-refractivity contribution is 5.88. The van der Waals surface area contributed by atoms with Crippen LogP contribution in [0.2, 0.25) is 0 Å². The van der Waals surface area contributed by atoms with Crippen molar-refractivity contribution >= 4 is 16.8 Å². The predicted octanol–water partition coefficient (Wildman–Crippen LogP) is 4.17. The fourth-order valence-corrected chi connectivity index (χ4v) is 3.65. The minimum absolute atomic E-state index is 0.178. The van der Waals surface area contributed by atoms with Gasteiger partial charge in [0, 0.05) is 30.2 Å². The topological polar surface area (TPSA) is 45.3 Å². The van der Waals surface area contributed by atoms with Crippen molar-refractivity contribution in [3.05, 3.63) is 66.1 Å². The average molecular weight is 366 g/mol. The summed E-state index contributed by atoms with van der Waals surface area (Å²) in [6, 6.07) is 14.2. The lowest BCUT2D eigenvalue weighted by molar-refractivity contribution is -0.132. The largest absolute Gasteiger partial charge is 0.493 e. The average Bonchev–Trinajstić information content (AvgIpc) is 3.11. The monoisotopic (exact) mass is 366 g/mol. The first-order chi connectivity index (χ1) is 13.2. The Kier molecular flexibility index (Phi) is 5.10. The van der Waals surface area contributed by atoms with Gasteiger partial charge < -0.3 is 14.6 Å². The van der Waals surface area contributed by atoms with E-state index in [-0.39, 0.29) is 11.7 Å². The highest BCUT2D eigenvalue weighted by Crippen LogP contribution is 2.22. The lowest BCUT2D eigenvalue weighted by Gasteiger charge is -2.32. The van der Waals surface area contributed by atoms with E-state index < -0.39 is 0 Å². The molecule has 4 rings (SSSR count). The van der Waals surface area contributed by atoms with Gasteiger partial charge in [0.25, 0.3) is 0 Å². The second kappa shape index (κ2) is 7.82. The lowest BCUT2D eigenvalue weighted by atomic mass is 9.97. The third kappa shape index (κ3) is 4.13. The van der Waals surface area contributed by atoms with Crippen LogP contribution >= 0.6 is 0 Å². The minimum atomic E-state index is -0.260. The maximum absolute atomic E-state index is 12.9. The number of carbonyl (C=O) groups excluding carboxylic acids is 1. The summed E-state index contributed by atoms with van der Waals surface area (Å²) >= 11 is 0. The molecule has 2 aromatic carbocycles. The molecule has 1 aromatic heterocycles. The number of likely N-dealkylation sites (tertiary alicyclic amines) is 1. The zero-order valence-electron chi connectivity index (χ0n) is 15.2. The van der Waals surface area contributed by atoms with Crippen LogP contribution in [0.15, 0.2) is 54.7 Å². The van der Waals surface area contributed by atoms with Crippen molar-refractivity contribution in [3.8, 4) is 5.75 Å². The normalized spacial score (nSPS) is 15.2. The van der Waals surface area contributed by atoms with E-state index in [1.54, 1.807) is 12.1 Å². The quantitative estimate of drug-likeness (QED) is 0.737. The number of hydrogen-bond donors (Lipinski definition) is 1. The molecule has 27 heavy (non-hydrogen) atoms. The first-order valence-electron chi connectivity index (χ1n) is 9.40. The number of para-hydroxylation sites is 1. The van der Waals surface area contributed by atoms with Gasteiger partial charge >= 0.3 is 0 Å². The molecule has 0 saturated carbocycles. The molecule has 1 saturated heterocycles. The summed E-state index contributed by atoms with van der Waals surface area (Å²) in [6.07, 6.45) is 4.23. The van der Waals surface area contributed by atoms with Crippen molar-refractivity contribution in [1.29, 1.82) is 0 Å². The number of piperidine rings is 1. The van der Waals surface area contributed by atoms with Crippen molar-refractivity contribution in [2.75, 3.05) is 19.7 Å². The molecule has 140 valence electrons. The van der Waals surface area contributed by atoms with Crippen LogP contribution in [0.3, 0.4) is 0 Å². The number of carbonyl (C=O) groups is 1. The van der Waals surface area contributed by atoms with E-state index in [2.05, 4.69) is 4.98 Å². The molecule has 1 amide bonds. The fourth-order valence-electron chi connectivity index (χ4n) is 3.65. The van der Waals surface area contributed by atoms with E-state index in [0.717, 1.165) is 42.4 Å².